The van der Waals surface area contributed by atoms with E-state index >= 15 is 0 Å². The Balaban J connectivity index is 2.50. The molecule has 0 atom stereocenters. The van der Waals surface area contributed by atoms with Crippen molar-refractivity contribution in [3.63, 3.8) is 0 Å². The lowest BCUT2D eigenvalue weighted by atomic mass is 10.1. The minimum Gasteiger partial charge on any atom is -0.496 e. The van der Waals surface area contributed by atoms with Crippen molar-refractivity contribution in [2.45, 2.75) is 6.92 Å². The number of methoxy groups -OCH3 is 1. The van der Waals surface area contributed by atoms with Crippen molar-refractivity contribution in [2.24, 2.45) is 0 Å². The number of carbonyl (C=O) groups excluding carboxylic acids is 1. The Morgan fingerprint density at radius 3 is 2.71 bits per heavy atom. The zero-order chi connectivity index (χ0) is 12.4. The number of hydrogen-bond acceptors (Lipinski definition) is 4. The molecule has 3 nitrogen and oxygen atoms in total. The Morgan fingerprint density at radius 2 is 2.12 bits per heavy atom. The molecule has 0 saturated carbocycles. The molecule has 88 valence electrons. The number of ketones is 1. The Labute approximate surface area is 104 Å². The maximum atomic E-state index is 12.3. The summed E-state index contributed by atoms with van der Waals surface area (Å²) in [7, 11) is 1.55. The molecule has 1 aromatic carbocycles. The lowest BCUT2D eigenvalue weighted by molar-refractivity contribution is 0.103. The highest BCUT2D eigenvalue weighted by atomic mass is 32.1. The van der Waals surface area contributed by atoms with Gasteiger partial charge in [0.2, 0.25) is 5.78 Å². The molecule has 0 aliphatic rings. The van der Waals surface area contributed by atoms with Gasteiger partial charge in [-0.25, -0.2) is 0 Å². The van der Waals surface area contributed by atoms with Gasteiger partial charge in [0.25, 0.3) is 0 Å². The highest BCUT2D eigenvalue weighted by Gasteiger charge is 2.17. The predicted octanol–water partition coefficient (Wildman–Crippen LogP) is 2.88. The van der Waals surface area contributed by atoms with Gasteiger partial charge in [0, 0.05) is 5.69 Å². The number of carbonyl (C=O) groups is 1. The van der Waals surface area contributed by atoms with Gasteiger partial charge in [-0.05, 0) is 42.1 Å². The highest BCUT2D eigenvalue weighted by Crippen LogP contribution is 2.27. The molecule has 2 rings (SSSR count). The fraction of sp³-hybridized carbons (Fsp3) is 0.154. The molecular formula is C13H13NO2S. The van der Waals surface area contributed by atoms with Gasteiger partial charge < -0.3 is 10.5 Å². The maximum Gasteiger partial charge on any atom is 0.207 e. The number of aryl methyl sites for hydroxylation is 1. The summed E-state index contributed by atoms with van der Waals surface area (Å²) < 4.78 is 5.19. The van der Waals surface area contributed by atoms with Crippen LogP contribution in [0.3, 0.4) is 0 Å². The molecule has 4 heteroatoms. The molecule has 0 amide bonds. The van der Waals surface area contributed by atoms with E-state index in [1.165, 1.54) is 11.3 Å². The van der Waals surface area contributed by atoms with Crippen molar-refractivity contribution in [2.75, 3.05) is 12.8 Å². The van der Waals surface area contributed by atoms with E-state index in [1.54, 1.807) is 25.3 Å². The third-order valence-electron chi connectivity index (χ3n) is 2.54. The van der Waals surface area contributed by atoms with Gasteiger partial charge in [-0.2, -0.15) is 0 Å². The standard InChI is InChI=1S/C13H13NO2S/c1-8-5-6-17-13(8)12(15)10-7-9(14)3-4-11(10)16-2/h3-7H,14H2,1-2H3. The summed E-state index contributed by atoms with van der Waals surface area (Å²) in [6.45, 7) is 1.92. The van der Waals surface area contributed by atoms with E-state index in [-0.39, 0.29) is 5.78 Å². The summed E-state index contributed by atoms with van der Waals surface area (Å²) in [5.41, 5.74) is 7.75. The first-order valence-electron chi connectivity index (χ1n) is 5.16. The monoisotopic (exact) mass is 247 g/mol. The second-order valence-corrected chi connectivity index (χ2v) is 4.64. The molecule has 0 bridgehead atoms. The van der Waals surface area contributed by atoms with Crippen LogP contribution >= 0.6 is 11.3 Å². The van der Waals surface area contributed by atoms with Crippen molar-refractivity contribution in [3.05, 3.63) is 45.6 Å². The van der Waals surface area contributed by atoms with Gasteiger partial charge in [-0.1, -0.05) is 0 Å². The maximum absolute atomic E-state index is 12.3. The first kappa shape index (κ1) is 11.7. The van der Waals surface area contributed by atoms with Crippen LogP contribution in [0.2, 0.25) is 0 Å². The van der Waals surface area contributed by atoms with Crippen LogP contribution in [-0.2, 0) is 0 Å². The van der Waals surface area contributed by atoms with Crippen LogP contribution in [0.4, 0.5) is 5.69 Å². The van der Waals surface area contributed by atoms with Crippen molar-refractivity contribution < 1.29 is 9.53 Å². The van der Waals surface area contributed by atoms with Gasteiger partial charge in [-0.15, -0.1) is 11.3 Å². The molecule has 0 spiro atoms. The third kappa shape index (κ3) is 2.17. The summed E-state index contributed by atoms with van der Waals surface area (Å²) >= 11 is 1.43. The lowest BCUT2D eigenvalue weighted by Crippen LogP contribution is -2.04. The molecule has 0 unspecified atom stereocenters. The van der Waals surface area contributed by atoms with E-state index in [2.05, 4.69) is 0 Å². The fourth-order valence-corrected chi connectivity index (χ4v) is 2.51. The van der Waals surface area contributed by atoms with Crippen LogP contribution in [0.1, 0.15) is 20.8 Å². The van der Waals surface area contributed by atoms with Gasteiger partial charge in [0.15, 0.2) is 0 Å². The number of rotatable bonds is 3. The van der Waals surface area contributed by atoms with Gasteiger partial charge in [0.05, 0.1) is 17.6 Å². The van der Waals surface area contributed by atoms with Gasteiger partial charge >= 0.3 is 0 Å². The summed E-state index contributed by atoms with van der Waals surface area (Å²) in [5, 5.41) is 1.90. The summed E-state index contributed by atoms with van der Waals surface area (Å²) in [5.74, 6) is 0.513. The first-order valence-corrected chi connectivity index (χ1v) is 6.03. The second-order valence-electron chi connectivity index (χ2n) is 3.72. The van der Waals surface area contributed by atoms with Gasteiger partial charge in [0.1, 0.15) is 5.75 Å². The molecule has 17 heavy (non-hydrogen) atoms. The number of thiophene rings is 1. The number of hydrogen-bond donors (Lipinski definition) is 1. The molecule has 0 aliphatic carbocycles. The molecule has 1 aromatic heterocycles. The molecule has 2 aromatic rings. The molecule has 0 saturated heterocycles. The van der Waals surface area contributed by atoms with Crippen molar-refractivity contribution in [1.82, 2.24) is 0 Å². The van der Waals surface area contributed by atoms with Crippen LogP contribution in [0.5, 0.6) is 5.75 Å². The smallest absolute Gasteiger partial charge is 0.207 e. The number of nitrogens with two attached hydrogens (primary N) is 1. The van der Waals surface area contributed by atoms with Crippen LogP contribution in [0.15, 0.2) is 29.6 Å². The zero-order valence-corrected chi connectivity index (χ0v) is 10.5. The normalized spacial score (nSPS) is 10.2. The quantitative estimate of drug-likeness (QED) is 0.670. The lowest BCUT2D eigenvalue weighted by Gasteiger charge is -2.08. The Hall–Kier alpha value is -1.81. The van der Waals surface area contributed by atoms with Crippen molar-refractivity contribution >= 4 is 22.8 Å². The van der Waals surface area contributed by atoms with E-state index in [0.29, 0.717) is 17.0 Å². The Bertz CT molecular complexity index is 560. The summed E-state index contributed by atoms with van der Waals surface area (Å²) in [4.78, 5) is 13.1. The Kier molecular flexibility index (Phi) is 3.15. The SMILES string of the molecule is COc1ccc(N)cc1C(=O)c1sccc1C. The fourth-order valence-electron chi connectivity index (χ4n) is 1.63. The molecular weight excluding hydrogens is 234 g/mol. The third-order valence-corrected chi connectivity index (χ3v) is 3.55. The molecule has 0 aliphatic heterocycles. The Morgan fingerprint density at radius 1 is 1.35 bits per heavy atom. The van der Waals surface area contributed by atoms with E-state index in [1.807, 2.05) is 18.4 Å². The van der Waals surface area contributed by atoms with Crippen LogP contribution in [-0.4, -0.2) is 12.9 Å². The second kappa shape index (κ2) is 4.59. The minimum absolute atomic E-state index is 0.0401. The predicted molar refractivity (Wildman–Crippen MR) is 69.9 cm³/mol. The zero-order valence-electron chi connectivity index (χ0n) is 9.69. The molecule has 0 fully saturated rings. The van der Waals surface area contributed by atoms with E-state index in [9.17, 15) is 4.79 Å². The van der Waals surface area contributed by atoms with Crippen LogP contribution in [0.25, 0.3) is 0 Å². The average molecular weight is 247 g/mol. The number of nitrogen functional groups attached to an aromatic ring is 1. The topological polar surface area (TPSA) is 52.3 Å². The molecule has 1 heterocycles. The van der Waals surface area contributed by atoms with Gasteiger partial charge in [-0.3, -0.25) is 4.79 Å². The first-order chi connectivity index (χ1) is 8.13. The summed E-state index contributed by atoms with van der Waals surface area (Å²) in [6.07, 6.45) is 0. The summed E-state index contributed by atoms with van der Waals surface area (Å²) in [6, 6.07) is 7.01. The van der Waals surface area contributed by atoms with Crippen molar-refractivity contribution in [3.8, 4) is 5.75 Å². The number of benzene rings is 1. The average Bonchev–Trinajstić information content (AvgIpc) is 2.74. The highest BCUT2D eigenvalue weighted by molar-refractivity contribution is 7.12. The van der Waals surface area contributed by atoms with E-state index in [4.69, 9.17) is 10.5 Å². The van der Waals surface area contributed by atoms with Crippen LogP contribution in [0, 0.1) is 6.92 Å². The van der Waals surface area contributed by atoms with E-state index < -0.39 is 0 Å². The minimum atomic E-state index is -0.0401. The van der Waals surface area contributed by atoms with E-state index in [0.717, 1.165) is 10.4 Å². The number of ether oxygens (including phenoxy) is 1. The number of anilines is 1. The van der Waals surface area contributed by atoms with Crippen molar-refractivity contribution in [1.29, 1.82) is 0 Å². The largest absolute Gasteiger partial charge is 0.496 e. The molecule has 0 radical (unpaired) electrons. The van der Waals surface area contributed by atoms with Crippen LogP contribution < -0.4 is 10.5 Å². The molecule has 2 N–H and O–H groups in total.